The molecule has 8 nitrogen and oxygen atoms in total. The zero-order chi connectivity index (χ0) is 18.4. The molecule has 0 saturated heterocycles. The molecule has 1 aliphatic rings. The molecule has 1 heterocycles. The largest absolute Gasteiger partial charge is 0.504 e. The molecule has 3 atom stereocenters. The third-order valence-corrected chi connectivity index (χ3v) is 4.76. The van der Waals surface area contributed by atoms with Crippen LogP contribution in [0, 0.1) is 5.92 Å². The van der Waals surface area contributed by atoms with Crippen LogP contribution in [0.3, 0.4) is 0 Å². The minimum atomic E-state index is -1.43. The molecule has 134 valence electrons. The van der Waals surface area contributed by atoms with E-state index in [1.807, 2.05) is 0 Å². The fourth-order valence-corrected chi connectivity index (χ4v) is 3.63. The number of phenols is 1. The Hall–Kier alpha value is -2.74. The molecule has 25 heavy (non-hydrogen) atoms. The van der Waals surface area contributed by atoms with Crippen LogP contribution < -0.4 is 10.3 Å². The Bertz CT molecular complexity index is 866. The number of carbonyl (C=O) groups is 1. The van der Waals surface area contributed by atoms with Crippen molar-refractivity contribution in [3.05, 3.63) is 45.4 Å². The summed E-state index contributed by atoms with van der Waals surface area (Å²) in [6, 6.07) is 4.57. The molecule has 0 unspecified atom stereocenters. The number of H-pyrrole nitrogens is 2. The first kappa shape index (κ1) is 17.1. The van der Waals surface area contributed by atoms with E-state index in [-0.39, 0.29) is 23.5 Å². The smallest absolute Gasteiger partial charge is 0.312 e. The number of carbonyl (C=O) groups excluding carboxylic acids is 1. The average Bonchev–Trinajstić information content (AvgIpc) is 2.92. The number of aromatic nitrogens is 2. The Morgan fingerprint density at radius 2 is 2.04 bits per heavy atom. The number of rotatable bonds is 3. The van der Waals surface area contributed by atoms with Gasteiger partial charge in [0.2, 0.25) is 0 Å². The maximum atomic E-state index is 12.4. The lowest BCUT2D eigenvalue weighted by Crippen LogP contribution is -2.49. The second kappa shape index (κ2) is 5.96. The van der Waals surface area contributed by atoms with Crippen molar-refractivity contribution in [3.63, 3.8) is 0 Å². The van der Waals surface area contributed by atoms with E-state index in [4.69, 9.17) is 9.47 Å². The van der Waals surface area contributed by atoms with Gasteiger partial charge in [-0.05, 0) is 24.6 Å². The summed E-state index contributed by atoms with van der Waals surface area (Å²) in [5.74, 6) is -2.22. The van der Waals surface area contributed by atoms with Crippen LogP contribution in [0.2, 0.25) is 0 Å². The highest BCUT2D eigenvalue weighted by atomic mass is 16.5. The fourth-order valence-electron chi connectivity index (χ4n) is 3.63. The molecular weight excluding hydrogens is 328 g/mol. The quantitative estimate of drug-likeness (QED) is 0.604. The third kappa shape index (κ3) is 2.68. The zero-order valence-corrected chi connectivity index (χ0v) is 14.1. The van der Waals surface area contributed by atoms with Gasteiger partial charge in [-0.1, -0.05) is 6.07 Å². The molecule has 0 fully saturated rings. The molecule has 0 amide bonds. The number of aliphatic hydroxyl groups is 1. The van der Waals surface area contributed by atoms with Crippen LogP contribution in [0.25, 0.3) is 0 Å². The van der Waals surface area contributed by atoms with Crippen molar-refractivity contribution >= 4 is 5.97 Å². The summed E-state index contributed by atoms with van der Waals surface area (Å²) in [7, 11) is 2.64. The summed E-state index contributed by atoms with van der Waals surface area (Å²) >= 11 is 0. The molecule has 2 aromatic rings. The second-order valence-electron chi connectivity index (χ2n) is 6.42. The summed E-state index contributed by atoms with van der Waals surface area (Å²) in [4.78, 5) is 24.8. The topological polar surface area (TPSA) is 125 Å². The number of aromatic hydroxyl groups is 1. The summed E-state index contributed by atoms with van der Waals surface area (Å²) in [5.41, 5.74) is -0.337. The average molecular weight is 348 g/mol. The van der Waals surface area contributed by atoms with Gasteiger partial charge in [0, 0.05) is 23.6 Å². The summed E-state index contributed by atoms with van der Waals surface area (Å²) < 4.78 is 10.0. The van der Waals surface area contributed by atoms with E-state index in [2.05, 4.69) is 10.2 Å². The van der Waals surface area contributed by atoms with Gasteiger partial charge in [0.25, 0.3) is 5.56 Å². The fraction of sp³-hybridized carbons (Fsp3) is 0.412. The summed E-state index contributed by atoms with van der Waals surface area (Å²) in [5, 5.41) is 26.0. The van der Waals surface area contributed by atoms with Crippen LogP contribution in [0.5, 0.6) is 11.5 Å². The molecule has 0 aliphatic heterocycles. The molecule has 8 heteroatoms. The third-order valence-electron chi connectivity index (χ3n) is 4.76. The lowest BCUT2D eigenvalue weighted by molar-refractivity contribution is -0.156. The van der Waals surface area contributed by atoms with Gasteiger partial charge < -0.3 is 24.8 Å². The monoisotopic (exact) mass is 348 g/mol. The molecule has 4 N–H and O–H groups in total. The molecule has 1 aliphatic carbocycles. The van der Waals surface area contributed by atoms with Crippen LogP contribution in [0.15, 0.2) is 23.0 Å². The van der Waals surface area contributed by atoms with E-state index < -0.39 is 23.4 Å². The van der Waals surface area contributed by atoms with Crippen molar-refractivity contribution < 1.29 is 24.5 Å². The molecular formula is C17H20N2O6. The van der Waals surface area contributed by atoms with E-state index in [1.54, 1.807) is 12.1 Å². The predicted octanol–water partition coefficient (Wildman–Crippen LogP) is 0.645. The van der Waals surface area contributed by atoms with Gasteiger partial charge in [-0.25, -0.2) is 0 Å². The summed E-state index contributed by atoms with van der Waals surface area (Å²) in [6.45, 7) is 1.54. The van der Waals surface area contributed by atoms with Crippen molar-refractivity contribution in [1.82, 2.24) is 10.2 Å². The first-order chi connectivity index (χ1) is 11.8. The lowest BCUT2D eigenvalue weighted by atomic mass is 9.66. The Kier molecular flexibility index (Phi) is 4.08. The van der Waals surface area contributed by atoms with Crippen molar-refractivity contribution in [3.8, 4) is 11.5 Å². The highest BCUT2D eigenvalue weighted by Crippen LogP contribution is 2.45. The van der Waals surface area contributed by atoms with E-state index in [0.29, 0.717) is 16.8 Å². The molecule has 0 radical (unpaired) electrons. The zero-order valence-electron chi connectivity index (χ0n) is 14.1. The van der Waals surface area contributed by atoms with E-state index >= 15 is 0 Å². The Balaban J connectivity index is 2.26. The van der Waals surface area contributed by atoms with E-state index in [9.17, 15) is 19.8 Å². The minimum absolute atomic E-state index is 0.0633. The van der Waals surface area contributed by atoms with Gasteiger partial charge in [0.05, 0.1) is 25.7 Å². The highest BCUT2D eigenvalue weighted by molar-refractivity contribution is 5.77. The van der Waals surface area contributed by atoms with Crippen molar-refractivity contribution in [2.75, 3.05) is 14.2 Å². The van der Waals surface area contributed by atoms with Crippen LogP contribution >= 0.6 is 0 Å². The van der Waals surface area contributed by atoms with Gasteiger partial charge in [-0.2, -0.15) is 0 Å². The number of methoxy groups -OCH3 is 2. The highest BCUT2D eigenvalue weighted by Gasteiger charge is 2.51. The van der Waals surface area contributed by atoms with Gasteiger partial charge in [-0.15, -0.1) is 0 Å². The summed E-state index contributed by atoms with van der Waals surface area (Å²) in [6.07, 6.45) is 0.104. The van der Waals surface area contributed by atoms with Crippen LogP contribution in [0.1, 0.15) is 29.7 Å². The molecule has 3 rings (SSSR count). The molecule has 1 aromatic heterocycles. The van der Waals surface area contributed by atoms with E-state index in [0.717, 1.165) is 0 Å². The Morgan fingerprint density at radius 3 is 2.68 bits per heavy atom. The Morgan fingerprint density at radius 1 is 1.32 bits per heavy atom. The van der Waals surface area contributed by atoms with Gasteiger partial charge in [0.15, 0.2) is 11.5 Å². The molecule has 0 bridgehead atoms. The number of hydrogen-bond donors (Lipinski definition) is 4. The maximum absolute atomic E-state index is 12.4. The van der Waals surface area contributed by atoms with E-state index in [1.165, 1.54) is 27.2 Å². The number of aromatic amines is 2. The van der Waals surface area contributed by atoms with Gasteiger partial charge in [-0.3, -0.25) is 14.7 Å². The normalized spacial score (nSPS) is 25.3. The number of hydrogen-bond acceptors (Lipinski definition) is 6. The SMILES string of the molecule is COC(=O)[C@@H]1[C@@H](c2ccc(O)c(OC)c2)c2c([nH][nH]c2=O)C[C@]1(C)O. The standard InChI is InChI=1S/C17H20N2O6/c1-17(23)7-9-13(15(21)19-18-9)12(14(17)16(22)25-3)8-4-5-10(20)11(6-8)24-2/h4-6,12,14,20,23H,7H2,1-3H3,(H2,18,19,21)/t12-,14-,17-/m0/s1. The first-order valence-corrected chi connectivity index (χ1v) is 7.76. The number of esters is 1. The van der Waals surface area contributed by atoms with Crippen molar-refractivity contribution in [2.45, 2.75) is 24.9 Å². The molecule has 1 aromatic carbocycles. The van der Waals surface area contributed by atoms with Crippen LogP contribution in [0.4, 0.5) is 0 Å². The number of benzene rings is 1. The number of phenolic OH excluding ortho intramolecular Hbond substituents is 1. The first-order valence-electron chi connectivity index (χ1n) is 7.76. The van der Waals surface area contributed by atoms with Crippen LogP contribution in [-0.2, 0) is 16.0 Å². The number of fused-ring (bicyclic) bond motifs is 1. The molecule has 0 saturated carbocycles. The van der Waals surface area contributed by atoms with Gasteiger partial charge >= 0.3 is 5.97 Å². The van der Waals surface area contributed by atoms with Crippen LogP contribution in [-0.4, -0.2) is 46.2 Å². The maximum Gasteiger partial charge on any atom is 0.312 e. The van der Waals surface area contributed by atoms with Crippen molar-refractivity contribution in [2.24, 2.45) is 5.92 Å². The lowest BCUT2D eigenvalue weighted by Gasteiger charge is -2.40. The Labute approximate surface area is 143 Å². The minimum Gasteiger partial charge on any atom is -0.504 e. The second-order valence-corrected chi connectivity index (χ2v) is 6.42. The predicted molar refractivity (Wildman–Crippen MR) is 87.7 cm³/mol. The van der Waals surface area contributed by atoms with Crippen molar-refractivity contribution in [1.29, 1.82) is 0 Å². The van der Waals surface area contributed by atoms with Gasteiger partial charge in [0.1, 0.15) is 0 Å². The number of nitrogens with one attached hydrogen (secondary N) is 2. The molecule has 0 spiro atoms. The number of ether oxygens (including phenoxy) is 2.